The second-order valence-electron chi connectivity index (χ2n) is 5.80. The van der Waals surface area contributed by atoms with E-state index in [1.807, 2.05) is 0 Å². The third-order valence-electron chi connectivity index (χ3n) is 4.00. The molecule has 1 saturated heterocycles. The molecule has 1 unspecified atom stereocenters. The summed E-state index contributed by atoms with van der Waals surface area (Å²) in [4.78, 5) is 15.6. The van der Waals surface area contributed by atoms with Crippen molar-refractivity contribution in [3.05, 3.63) is 0 Å². The van der Waals surface area contributed by atoms with E-state index in [9.17, 15) is 4.79 Å². The molecule has 0 aromatic rings. The zero-order valence-corrected chi connectivity index (χ0v) is 12.6. The monoisotopic (exact) mass is 270 g/mol. The fourth-order valence-corrected chi connectivity index (χ4v) is 2.60. The van der Waals surface area contributed by atoms with Gasteiger partial charge >= 0.3 is 5.97 Å². The Bertz CT molecular complexity index is 251. The highest BCUT2D eigenvalue weighted by Crippen LogP contribution is 2.08. The zero-order chi connectivity index (χ0) is 14.1. The fourth-order valence-electron chi connectivity index (χ4n) is 2.60. The lowest BCUT2D eigenvalue weighted by molar-refractivity contribution is -0.141. The molecule has 112 valence electrons. The lowest BCUT2D eigenvalue weighted by Crippen LogP contribution is -2.48. The van der Waals surface area contributed by atoms with Gasteiger partial charge < -0.3 is 10.0 Å². The van der Waals surface area contributed by atoms with Crippen LogP contribution >= 0.6 is 0 Å². The van der Waals surface area contributed by atoms with Gasteiger partial charge in [-0.1, -0.05) is 39.5 Å². The van der Waals surface area contributed by atoms with Gasteiger partial charge in [0, 0.05) is 32.7 Å². The van der Waals surface area contributed by atoms with Gasteiger partial charge in [-0.05, 0) is 13.0 Å². The average molecular weight is 270 g/mol. The van der Waals surface area contributed by atoms with Crippen LogP contribution in [0, 0.1) is 5.92 Å². The number of aliphatic carboxylic acids is 1. The smallest absolute Gasteiger partial charge is 0.307 e. The molecule has 0 saturated carbocycles. The van der Waals surface area contributed by atoms with E-state index in [1.165, 1.54) is 38.6 Å². The lowest BCUT2D eigenvalue weighted by atomic mass is 10.1. The van der Waals surface area contributed by atoms with E-state index < -0.39 is 5.97 Å². The van der Waals surface area contributed by atoms with E-state index in [-0.39, 0.29) is 5.92 Å². The summed E-state index contributed by atoms with van der Waals surface area (Å²) in [6.07, 6.45) is 6.70. The van der Waals surface area contributed by atoms with Crippen molar-refractivity contribution in [2.24, 2.45) is 5.92 Å². The Morgan fingerprint density at radius 3 is 2.21 bits per heavy atom. The van der Waals surface area contributed by atoms with Gasteiger partial charge in [-0.2, -0.15) is 0 Å². The highest BCUT2D eigenvalue weighted by molar-refractivity contribution is 5.69. The number of nitrogens with zero attached hydrogens (tertiary/aromatic N) is 2. The second-order valence-corrected chi connectivity index (χ2v) is 5.80. The molecule has 1 atom stereocenters. The van der Waals surface area contributed by atoms with Crippen LogP contribution in [0.3, 0.4) is 0 Å². The third-order valence-corrected chi connectivity index (χ3v) is 4.00. The molecule has 19 heavy (non-hydrogen) atoms. The van der Waals surface area contributed by atoms with Gasteiger partial charge in [-0.3, -0.25) is 9.69 Å². The first kappa shape index (κ1) is 16.4. The average Bonchev–Trinajstić information content (AvgIpc) is 2.40. The van der Waals surface area contributed by atoms with Gasteiger partial charge in [0.15, 0.2) is 0 Å². The lowest BCUT2D eigenvalue weighted by Gasteiger charge is -2.35. The van der Waals surface area contributed by atoms with Gasteiger partial charge in [0.2, 0.25) is 0 Å². The van der Waals surface area contributed by atoms with Crippen molar-refractivity contribution in [3.63, 3.8) is 0 Å². The van der Waals surface area contributed by atoms with Crippen LogP contribution in [0.25, 0.3) is 0 Å². The Balaban J connectivity index is 2.07. The molecule has 0 radical (unpaired) electrons. The number of carboxylic acids is 1. The van der Waals surface area contributed by atoms with Crippen molar-refractivity contribution in [2.45, 2.75) is 46.0 Å². The molecular weight excluding hydrogens is 240 g/mol. The predicted octanol–water partition coefficient (Wildman–Crippen LogP) is 2.30. The molecule has 1 fully saturated rings. The van der Waals surface area contributed by atoms with E-state index in [0.29, 0.717) is 6.54 Å². The second kappa shape index (κ2) is 9.32. The molecule has 4 heteroatoms. The van der Waals surface area contributed by atoms with Crippen LogP contribution in [0.1, 0.15) is 46.0 Å². The topological polar surface area (TPSA) is 43.8 Å². The molecule has 1 heterocycles. The number of hydrogen-bond donors (Lipinski definition) is 1. The Labute approximate surface area is 117 Å². The number of carboxylic acid groups (broad SMARTS) is 1. The van der Waals surface area contributed by atoms with E-state index >= 15 is 0 Å². The Morgan fingerprint density at radius 1 is 1.05 bits per heavy atom. The highest BCUT2D eigenvalue weighted by Gasteiger charge is 2.20. The summed E-state index contributed by atoms with van der Waals surface area (Å²) in [6.45, 7) is 10.2. The molecule has 1 aliphatic heterocycles. The first-order valence-corrected chi connectivity index (χ1v) is 7.81. The quantitative estimate of drug-likeness (QED) is 0.653. The van der Waals surface area contributed by atoms with Crippen LogP contribution in [0.2, 0.25) is 0 Å². The van der Waals surface area contributed by atoms with Gasteiger partial charge in [0.05, 0.1) is 5.92 Å². The van der Waals surface area contributed by atoms with E-state index in [4.69, 9.17) is 5.11 Å². The van der Waals surface area contributed by atoms with E-state index in [1.54, 1.807) is 6.92 Å². The number of rotatable bonds is 9. The number of piperazine rings is 1. The number of unbranched alkanes of at least 4 members (excludes halogenated alkanes) is 4. The van der Waals surface area contributed by atoms with Crippen molar-refractivity contribution in [1.29, 1.82) is 0 Å². The first-order valence-electron chi connectivity index (χ1n) is 7.81. The highest BCUT2D eigenvalue weighted by atomic mass is 16.4. The minimum Gasteiger partial charge on any atom is -0.481 e. The van der Waals surface area contributed by atoms with Gasteiger partial charge in [0.25, 0.3) is 0 Å². The summed E-state index contributed by atoms with van der Waals surface area (Å²) < 4.78 is 0. The van der Waals surface area contributed by atoms with Crippen LogP contribution in [0.5, 0.6) is 0 Å². The summed E-state index contributed by atoms with van der Waals surface area (Å²) >= 11 is 0. The van der Waals surface area contributed by atoms with Crippen molar-refractivity contribution in [3.8, 4) is 0 Å². The number of carbonyl (C=O) groups is 1. The molecular formula is C15H30N2O2. The molecule has 0 bridgehead atoms. The summed E-state index contributed by atoms with van der Waals surface area (Å²) in [7, 11) is 0. The molecule has 4 nitrogen and oxygen atoms in total. The largest absolute Gasteiger partial charge is 0.481 e. The van der Waals surface area contributed by atoms with Crippen LogP contribution < -0.4 is 0 Å². The van der Waals surface area contributed by atoms with Crippen molar-refractivity contribution < 1.29 is 9.90 Å². The summed E-state index contributed by atoms with van der Waals surface area (Å²) in [5.41, 5.74) is 0. The maximum atomic E-state index is 10.8. The van der Waals surface area contributed by atoms with E-state index in [0.717, 1.165) is 26.2 Å². The Morgan fingerprint density at radius 2 is 1.63 bits per heavy atom. The molecule has 1 aliphatic rings. The number of hydrogen-bond acceptors (Lipinski definition) is 3. The van der Waals surface area contributed by atoms with Crippen LogP contribution in [0.4, 0.5) is 0 Å². The van der Waals surface area contributed by atoms with Gasteiger partial charge in [-0.25, -0.2) is 0 Å². The third kappa shape index (κ3) is 6.92. The fraction of sp³-hybridized carbons (Fsp3) is 0.933. The first-order chi connectivity index (χ1) is 9.13. The molecule has 1 N–H and O–H groups in total. The summed E-state index contributed by atoms with van der Waals surface area (Å²) in [5.74, 6) is -0.932. The maximum absolute atomic E-state index is 10.8. The molecule has 0 spiro atoms. The molecule has 0 amide bonds. The molecule has 0 aromatic heterocycles. The molecule has 1 rings (SSSR count). The SMILES string of the molecule is CCCCCCCN1CCN(CC(C)C(=O)O)CC1. The maximum Gasteiger partial charge on any atom is 0.307 e. The van der Waals surface area contributed by atoms with Crippen LogP contribution in [-0.2, 0) is 4.79 Å². The predicted molar refractivity (Wildman–Crippen MR) is 78.4 cm³/mol. The van der Waals surface area contributed by atoms with Crippen LogP contribution in [0.15, 0.2) is 0 Å². The zero-order valence-electron chi connectivity index (χ0n) is 12.6. The summed E-state index contributed by atoms with van der Waals surface area (Å²) in [5, 5.41) is 8.91. The Kier molecular flexibility index (Phi) is 8.07. The normalized spacial score (nSPS) is 19.5. The minimum absolute atomic E-state index is 0.249. The van der Waals surface area contributed by atoms with Crippen LogP contribution in [-0.4, -0.2) is 60.1 Å². The minimum atomic E-state index is -0.682. The van der Waals surface area contributed by atoms with Crippen molar-refractivity contribution >= 4 is 5.97 Å². The Hall–Kier alpha value is -0.610. The van der Waals surface area contributed by atoms with E-state index in [2.05, 4.69) is 16.7 Å². The summed E-state index contributed by atoms with van der Waals surface area (Å²) in [6, 6.07) is 0. The molecule has 0 aromatic carbocycles. The standard InChI is InChI=1S/C15H30N2O2/c1-3-4-5-6-7-8-16-9-11-17(12-10-16)13-14(2)15(18)19/h14H,3-13H2,1-2H3,(H,18,19). The van der Waals surface area contributed by atoms with Gasteiger partial charge in [0.1, 0.15) is 0 Å². The van der Waals surface area contributed by atoms with Gasteiger partial charge in [-0.15, -0.1) is 0 Å². The van der Waals surface area contributed by atoms with Crippen molar-refractivity contribution in [2.75, 3.05) is 39.3 Å². The molecule has 0 aliphatic carbocycles. The van der Waals surface area contributed by atoms with Crippen molar-refractivity contribution in [1.82, 2.24) is 9.80 Å².